The second-order valence-corrected chi connectivity index (χ2v) is 18.9. The van der Waals surface area contributed by atoms with Gasteiger partial charge in [-0.15, -0.1) is 0 Å². The summed E-state index contributed by atoms with van der Waals surface area (Å²) >= 11 is 5.55. The summed E-state index contributed by atoms with van der Waals surface area (Å²) in [5.41, 5.74) is 5.40. The highest BCUT2D eigenvalue weighted by molar-refractivity contribution is 7.80. The van der Waals surface area contributed by atoms with Crippen LogP contribution in [0.25, 0.3) is 33.4 Å². The smallest absolute Gasteiger partial charge is 0.355 e. The van der Waals surface area contributed by atoms with E-state index in [4.69, 9.17) is 41.8 Å². The minimum atomic E-state index is -4.50. The predicted molar refractivity (Wildman–Crippen MR) is 245 cm³/mol. The summed E-state index contributed by atoms with van der Waals surface area (Å²) in [5.74, 6) is -1.73. The number of anilines is 1. The molecule has 19 heteroatoms. The zero-order valence-electron chi connectivity index (χ0n) is 36.4. The Kier molecular flexibility index (Phi) is 15.4. The maximum Gasteiger partial charge on any atom is 0.355 e. The number of thiocarbonyl (C=S) groups is 1. The van der Waals surface area contributed by atoms with Crippen LogP contribution in [-0.2, 0) is 23.4 Å². The zero-order chi connectivity index (χ0) is 46.4. The number of carboxylic acid groups (broad SMARTS) is 1. The molecule has 1 amide bonds. The van der Waals surface area contributed by atoms with Crippen LogP contribution in [0.4, 0.5) is 5.69 Å². The number of aromatic carboxylic acids is 1. The lowest BCUT2D eigenvalue weighted by Crippen LogP contribution is -2.60. The van der Waals surface area contributed by atoms with Crippen LogP contribution in [0.1, 0.15) is 84.5 Å². The van der Waals surface area contributed by atoms with Gasteiger partial charge < -0.3 is 56.0 Å². The van der Waals surface area contributed by atoms with E-state index in [0.717, 1.165) is 0 Å². The fourth-order valence-corrected chi connectivity index (χ4v) is 9.24. The van der Waals surface area contributed by atoms with E-state index >= 15 is 0 Å². The van der Waals surface area contributed by atoms with Crippen molar-refractivity contribution in [2.45, 2.75) is 110 Å². The SMILES string of the molecule is CCC(CC)O[C@@H]1C=C(P(=O)(O)OC(C)(C)COC(C)(C)CCNC(=S)Nc2ccc(-c3c4ccc(=O)cc-4oc4cc(O)ccc34)c(C(=O)O)c2)C[C@H](NC(=N)N)[C@H]1NC(C)=O. The van der Waals surface area contributed by atoms with Gasteiger partial charge in [0, 0.05) is 59.5 Å². The van der Waals surface area contributed by atoms with Gasteiger partial charge in [0.1, 0.15) is 17.1 Å². The van der Waals surface area contributed by atoms with Crippen LogP contribution in [0.2, 0.25) is 0 Å². The average molecular weight is 909 g/mol. The van der Waals surface area contributed by atoms with Crippen LogP contribution in [0.15, 0.2) is 75.2 Å². The van der Waals surface area contributed by atoms with Gasteiger partial charge in [-0.25, -0.2) is 4.79 Å². The maximum absolute atomic E-state index is 14.0. The summed E-state index contributed by atoms with van der Waals surface area (Å²) in [7, 11) is -4.50. The van der Waals surface area contributed by atoms with Gasteiger partial charge in [-0.1, -0.05) is 19.9 Å². The standard InChI is InChI=1S/C44H57N6O11PS/c1-8-28(9-2)59-37-22-29(21-34(50-41(45)46)39(37)48-24(3)51)62(56,57)61-44(6,7)23-58-43(4,5)16-17-47-42(63)49-25-10-13-30(33(18-25)40(54)55)38-31-14-11-26(52)19-35(31)60-36-20-27(53)12-15-32(36)38/h10-15,18-20,22,28,34,37,39,52H,8-9,16-17,21,23H2,1-7H3,(H,48,51)(H,54,55)(H,56,57)(H4,45,46,50)(H2,47,49,63)/t34-,37+,39+/m0/s1. The third kappa shape index (κ3) is 12.6. The van der Waals surface area contributed by atoms with Gasteiger partial charge in [-0.05, 0) is 107 Å². The van der Waals surface area contributed by atoms with Gasteiger partial charge in [0.05, 0.1) is 47.7 Å². The molecule has 2 aliphatic carbocycles. The molecule has 2 aromatic rings. The van der Waals surface area contributed by atoms with E-state index in [2.05, 4.69) is 21.3 Å². The number of aromatic hydroxyl groups is 1. The summed E-state index contributed by atoms with van der Waals surface area (Å²) in [5, 5.41) is 40.9. The van der Waals surface area contributed by atoms with Crippen molar-refractivity contribution >= 4 is 59.4 Å². The molecule has 1 aliphatic heterocycles. The number of carbonyl (C=O) groups is 2. The van der Waals surface area contributed by atoms with Gasteiger partial charge in [-0.3, -0.25) is 24.1 Å². The molecule has 1 heterocycles. The van der Waals surface area contributed by atoms with Gasteiger partial charge in [0.2, 0.25) is 5.91 Å². The number of carboxylic acids is 1. The van der Waals surface area contributed by atoms with Crippen LogP contribution in [0.5, 0.6) is 5.75 Å². The molecule has 0 aromatic heterocycles. The summed E-state index contributed by atoms with van der Waals surface area (Å²) < 4.78 is 38.3. The van der Waals surface area contributed by atoms with E-state index in [1.165, 1.54) is 43.3 Å². The Balaban J connectivity index is 1.22. The highest BCUT2D eigenvalue weighted by atomic mass is 32.1. The number of ether oxygens (including phenoxy) is 2. The van der Waals surface area contributed by atoms with Crippen molar-refractivity contribution in [3.8, 4) is 28.2 Å². The Morgan fingerprint density at radius 3 is 2.38 bits per heavy atom. The number of hydrogen-bond donors (Lipinski definition) is 9. The zero-order valence-corrected chi connectivity index (χ0v) is 38.1. The monoisotopic (exact) mass is 908 g/mol. The fraction of sp³-hybridized carbons (Fsp3) is 0.432. The molecule has 0 spiro atoms. The van der Waals surface area contributed by atoms with Crippen molar-refractivity contribution in [3.05, 3.63) is 81.8 Å². The van der Waals surface area contributed by atoms with Crippen LogP contribution in [0.3, 0.4) is 0 Å². The number of phenols is 1. The van der Waals surface area contributed by atoms with E-state index in [0.29, 0.717) is 53.6 Å². The van der Waals surface area contributed by atoms with Crippen LogP contribution >= 0.6 is 19.8 Å². The van der Waals surface area contributed by atoms with Gasteiger partial charge in [-0.2, -0.15) is 0 Å². The molecule has 5 rings (SSSR count). The first-order valence-corrected chi connectivity index (χ1v) is 22.5. The molecule has 1 unspecified atom stereocenters. The molecular formula is C44H57N6O11PS. The van der Waals surface area contributed by atoms with E-state index < -0.39 is 43.0 Å². The number of hydrogen-bond acceptors (Lipinski definition) is 11. The topological polar surface area (TPSA) is 268 Å². The first-order valence-electron chi connectivity index (χ1n) is 20.6. The first-order chi connectivity index (χ1) is 29.5. The predicted octanol–water partition coefficient (Wildman–Crippen LogP) is 6.64. The second-order valence-electron chi connectivity index (χ2n) is 16.7. The Morgan fingerprint density at radius 2 is 1.73 bits per heavy atom. The number of benzene rings is 3. The number of rotatable bonds is 18. The molecule has 0 bridgehead atoms. The average Bonchev–Trinajstić information content (AvgIpc) is 3.18. The molecule has 0 saturated carbocycles. The quantitative estimate of drug-likeness (QED) is 0.0167. The van der Waals surface area contributed by atoms with Crippen molar-refractivity contribution in [3.63, 3.8) is 0 Å². The summed E-state index contributed by atoms with van der Waals surface area (Å²) in [6.07, 6.45) is 2.24. The highest BCUT2D eigenvalue weighted by Crippen LogP contribution is 2.57. The lowest BCUT2D eigenvalue weighted by molar-refractivity contribution is -0.121. The number of nitrogens with two attached hydrogens (primary N) is 1. The van der Waals surface area contributed by atoms with Crippen LogP contribution in [-0.4, -0.2) is 86.7 Å². The molecule has 10 N–H and O–H groups in total. The van der Waals surface area contributed by atoms with Gasteiger partial charge in [0.15, 0.2) is 16.5 Å². The maximum atomic E-state index is 14.0. The van der Waals surface area contributed by atoms with Crippen molar-refractivity contribution in [1.29, 1.82) is 5.41 Å². The molecule has 0 fully saturated rings. The van der Waals surface area contributed by atoms with Crippen molar-refractivity contribution in [2.24, 2.45) is 5.73 Å². The number of nitrogens with one attached hydrogen (secondary N) is 5. The van der Waals surface area contributed by atoms with Crippen LogP contribution < -0.4 is 32.4 Å². The molecule has 2 aromatic carbocycles. The Bertz CT molecular complexity index is 2470. The third-order valence-corrected chi connectivity index (χ3v) is 12.6. The minimum Gasteiger partial charge on any atom is -0.508 e. The lowest BCUT2D eigenvalue weighted by atomic mass is 9.90. The normalized spacial score (nSPS) is 17.8. The summed E-state index contributed by atoms with van der Waals surface area (Å²) in [6, 6.07) is 12.1. The molecule has 340 valence electrons. The molecular weight excluding hydrogens is 852 g/mol. The molecule has 0 saturated heterocycles. The Hall–Kier alpha value is -5.36. The van der Waals surface area contributed by atoms with E-state index in [9.17, 15) is 34.1 Å². The van der Waals surface area contributed by atoms with Gasteiger partial charge >= 0.3 is 13.6 Å². The van der Waals surface area contributed by atoms with E-state index in [1.54, 1.807) is 38.1 Å². The van der Waals surface area contributed by atoms with Gasteiger partial charge in [0.25, 0.3) is 0 Å². The number of amides is 1. The Morgan fingerprint density at radius 1 is 1.03 bits per heavy atom. The molecule has 3 aliphatic rings. The number of carbonyl (C=O) groups excluding carboxylic acids is 1. The number of guanidine groups is 1. The minimum absolute atomic E-state index is 0.0426. The molecule has 4 atom stereocenters. The molecule has 63 heavy (non-hydrogen) atoms. The van der Waals surface area contributed by atoms with Crippen LogP contribution in [0, 0.1) is 5.41 Å². The second kappa shape index (κ2) is 20.0. The van der Waals surface area contributed by atoms with Crippen molar-refractivity contribution < 1.29 is 47.7 Å². The molecule has 0 radical (unpaired) electrons. The highest BCUT2D eigenvalue weighted by Gasteiger charge is 2.44. The summed E-state index contributed by atoms with van der Waals surface area (Å²) in [6.45, 7) is 12.5. The first kappa shape index (κ1) is 48.7. The largest absolute Gasteiger partial charge is 0.508 e. The van der Waals surface area contributed by atoms with Crippen molar-refractivity contribution in [1.82, 2.24) is 16.0 Å². The summed E-state index contributed by atoms with van der Waals surface area (Å²) in [4.78, 5) is 48.4. The van der Waals surface area contributed by atoms with E-state index in [-0.39, 0.29) is 69.5 Å². The Labute approximate surface area is 371 Å². The third-order valence-electron chi connectivity index (χ3n) is 10.6. The number of phenolic OH excluding ortho intramolecular Hbond substituents is 1. The fourth-order valence-electron chi connectivity index (χ4n) is 7.42. The van der Waals surface area contributed by atoms with Crippen molar-refractivity contribution in [2.75, 3.05) is 18.5 Å². The van der Waals surface area contributed by atoms with E-state index in [1.807, 2.05) is 27.7 Å². The molecule has 17 nitrogen and oxygen atoms in total. The lowest BCUT2D eigenvalue weighted by Gasteiger charge is -2.40. The number of fused-ring (bicyclic) bond motifs is 2.